The third kappa shape index (κ3) is 9.78. The predicted molar refractivity (Wildman–Crippen MR) is 447 cm³/mol. The molecule has 10 heteroatoms. The molecule has 0 atom stereocenters. The normalized spacial score (nSPS) is 13.5. The average Bonchev–Trinajstić information content (AvgIpc) is 0.829. The molecule has 21 aromatic rings. The van der Waals surface area contributed by atoms with Crippen molar-refractivity contribution in [3.05, 3.63) is 352 Å². The Morgan fingerprint density at radius 1 is 0.259 bits per heavy atom. The quantitative estimate of drug-likeness (QED) is 0.147. The minimum atomic E-state index is -0.498. The highest BCUT2D eigenvalue weighted by atomic mass is 32.1. The summed E-state index contributed by atoms with van der Waals surface area (Å²) in [5.41, 5.74) is 13.8. The number of hydrogen-bond acceptors (Lipinski definition) is 10. The van der Waals surface area contributed by atoms with Crippen molar-refractivity contribution >= 4 is 141 Å². The Bertz CT molecular complexity index is 7900. The van der Waals surface area contributed by atoms with E-state index in [1.165, 1.54) is 10.1 Å². The Labute approximate surface area is 638 Å². The van der Waals surface area contributed by atoms with Crippen LogP contribution < -0.4 is 9.80 Å². The van der Waals surface area contributed by atoms with Crippen LogP contribution in [0.2, 0.25) is 0 Å². The number of benzene rings is 17. The van der Waals surface area contributed by atoms with E-state index < -0.39 is 48.3 Å². The van der Waals surface area contributed by atoms with E-state index in [0.29, 0.717) is 39.5 Å². The zero-order valence-corrected chi connectivity index (χ0v) is 57.9. The Kier molecular flexibility index (Phi) is 11.8. The van der Waals surface area contributed by atoms with Gasteiger partial charge in [-0.15, -0.1) is 11.3 Å². The summed E-state index contributed by atoms with van der Waals surface area (Å²) in [6.07, 6.45) is 0. The van der Waals surface area contributed by atoms with Gasteiger partial charge >= 0.3 is 0 Å². The topological polar surface area (TPSA) is 97.0 Å². The highest BCUT2D eigenvalue weighted by Gasteiger charge is 2.33. The number of thiophene rings is 1. The van der Waals surface area contributed by atoms with Crippen molar-refractivity contribution in [2.75, 3.05) is 9.80 Å². The van der Waals surface area contributed by atoms with E-state index >= 15 is 0 Å². The summed E-state index contributed by atoms with van der Waals surface area (Å²) in [6, 6.07) is 94.9. The zero-order valence-electron chi connectivity index (χ0n) is 67.1. The first-order chi connectivity index (χ1) is 57.7. The third-order valence-electron chi connectivity index (χ3n) is 20.8. The van der Waals surface area contributed by atoms with E-state index in [1.807, 2.05) is 103 Å². The molecule has 17 aromatic carbocycles. The van der Waals surface area contributed by atoms with Crippen molar-refractivity contribution < 1.29 is 18.1 Å². The van der Waals surface area contributed by atoms with Crippen LogP contribution in [0.1, 0.15) is 13.7 Å². The summed E-state index contributed by atoms with van der Waals surface area (Å²) in [5, 5.41) is 14.9. The number of hydrogen-bond donors (Lipinski definition) is 0. The van der Waals surface area contributed by atoms with Gasteiger partial charge in [-0.3, -0.25) is 0 Å². The van der Waals surface area contributed by atoms with Crippen molar-refractivity contribution in [3.8, 4) is 90.6 Å². The Balaban J connectivity index is 0.000000143. The molecule has 2 aliphatic rings. The second-order valence-electron chi connectivity index (χ2n) is 26.8. The van der Waals surface area contributed by atoms with Gasteiger partial charge in [0.2, 0.25) is 0 Å². The fourth-order valence-corrected chi connectivity index (χ4v) is 17.3. The molecule has 0 unspecified atom stereocenters. The molecule has 0 N–H and O–H groups in total. The lowest BCUT2D eigenvalue weighted by molar-refractivity contribution is 0.669. The first-order valence-corrected chi connectivity index (χ1v) is 36.3. The molecule has 2 aliphatic heterocycles. The molecule has 108 heavy (non-hydrogen) atoms. The maximum Gasteiger partial charge on any atom is 0.167 e. The van der Waals surface area contributed by atoms with Crippen molar-refractivity contribution in [2.24, 2.45) is 0 Å². The molecule has 502 valence electrons. The zero-order chi connectivity index (χ0) is 79.6. The Morgan fingerprint density at radius 3 is 1.29 bits per heavy atom. The lowest BCUT2D eigenvalue weighted by atomic mass is 9.87. The van der Waals surface area contributed by atoms with E-state index in [1.54, 1.807) is 11.3 Å². The minimum absolute atomic E-state index is 0.00396. The monoisotopic (exact) mass is 1400 g/mol. The van der Waals surface area contributed by atoms with Crippen molar-refractivity contribution in [3.63, 3.8) is 0 Å². The van der Waals surface area contributed by atoms with Crippen molar-refractivity contribution in [1.29, 1.82) is 0 Å². The van der Waals surface area contributed by atoms with Crippen LogP contribution in [-0.2, 0) is 0 Å². The fraction of sp³-hybridized carbons (Fsp3) is 0. The molecule has 6 heterocycles. The average molecular weight is 1410 g/mol. The number of fused-ring (bicyclic) bond motifs is 15. The molecule has 0 saturated heterocycles. The summed E-state index contributed by atoms with van der Waals surface area (Å²) in [6.45, 7) is 0. The Hall–Kier alpha value is -14.3. The van der Waals surface area contributed by atoms with Crippen LogP contribution in [0, 0.1) is 0 Å². The number of rotatable bonds is 8. The molecule has 9 nitrogen and oxygen atoms in total. The van der Waals surface area contributed by atoms with Crippen LogP contribution in [0.15, 0.2) is 356 Å². The van der Waals surface area contributed by atoms with Gasteiger partial charge in [-0.2, -0.15) is 0 Å². The molecule has 0 aliphatic carbocycles. The first-order valence-electron chi connectivity index (χ1n) is 40.5. The standard InChI is InChI=1S/C51H30N4O.C47H28N4S/c1-2-15-34(16-3-1)49-52-50(40-24-12-22-38-37-21-8-9-26-44(37)56-48(38)40)54-51(53-49)47-36-20-7-5-14-32(36)28-30-43(47)55-41-25-11-18-33-17-10-23-39(45(33)41)46-35-19-6-4-13-31(35)27-29-42(46)55;1-2-13-31(14-3-1)45-48-46(32-24-26-35-34-18-7-9-23-41(34)52-42(35)28-32)50-47(49-45)36-19-6-8-21-38(36)51-39-22-11-16-30-15-10-20-37(43(30)39)44-33-17-5-4-12-29(33)25-27-40(44)51/h1-30H;1-28H/i1D,2D,3D,15D,16D;1D,2D,3D,13D,14D. The SMILES string of the molecule is [2H]c1c([2H])c([2H])c(-c2nc(-c3c(N4c5ccc6ccccc6c5-c5cccc6cccc4c56)ccc4ccccc34)nc(-c3cccc4c3oc3ccccc34)n2)c([2H])c1[2H].[2H]c1c([2H])c([2H])c(-c2nc(-c3ccc4c(c3)sc3ccccc34)nc(-c3ccccc3N3c4ccc5ccccc5c4-c4cccc5cccc3c45)n2)c([2H])c1[2H]. The Morgan fingerprint density at radius 2 is 0.667 bits per heavy atom. The maximum absolute atomic E-state index is 9.04. The molecular weight excluding hydrogens is 1340 g/mol. The smallest absolute Gasteiger partial charge is 0.167 e. The molecule has 0 fully saturated rings. The number of furan rings is 1. The maximum atomic E-state index is 9.04. The molecule has 23 rings (SSSR count). The van der Waals surface area contributed by atoms with Gasteiger partial charge in [0.05, 0.1) is 59.0 Å². The van der Waals surface area contributed by atoms with E-state index in [-0.39, 0.29) is 46.5 Å². The van der Waals surface area contributed by atoms with Gasteiger partial charge in [-0.05, 0) is 121 Å². The third-order valence-corrected chi connectivity index (χ3v) is 22.0. The molecule has 0 amide bonds. The van der Waals surface area contributed by atoms with Crippen LogP contribution in [0.25, 0.3) is 187 Å². The van der Waals surface area contributed by atoms with Gasteiger partial charge in [0.15, 0.2) is 34.9 Å². The van der Waals surface area contributed by atoms with Gasteiger partial charge in [0, 0.05) is 75.1 Å². The lowest BCUT2D eigenvalue weighted by Gasteiger charge is -2.35. The second kappa shape index (κ2) is 24.7. The largest absolute Gasteiger partial charge is 0.455 e. The van der Waals surface area contributed by atoms with E-state index in [0.717, 1.165) is 137 Å². The van der Waals surface area contributed by atoms with Crippen LogP contribution in [0.4, 0.5) is 34.1 Å². The van der Waals surface area contributed by atoms with Crippen LogP contribution >= 0.6 is 11.3 Å². The van der Waals surface area contributed by atoms with Crippen LogP contribution in [0.5, 0.6) is 0 Å². The van der Waals surface area contributed by atoms with E-state index in [2.05, 4.69) is 198 Å². The van der Waals surface area contributed by atoms with Crippen LogP contribution in [-0.4, -0.2) is 29.9 Å². The first kappa shape index (κ1) is 51.8. The summed E-state index contributed by atoms with van der Waals surface area (Å²) in [4.78, 5) is 34.9. The number of para-hydroxylation sites is 3. The summed E-state index contributed by atoms with van der Waals surface area (Å²) in [7, 11) is 0. The van der Waals surface area contributed by atoms with Gasteiger partial charge in [-0.1, -0.05) is 285 Å². The van der Waals surface area contributed by atoms with E-state index in [9.17, 15) is 0 Å². The summed E-state index contributed by atoms with van der Waals surface area (Å²) < 4.78 is 95.4. The number of anilines is 6. The molecule has 0 spiro atoms. The van der Waals surface area contributed by atoms with Gasteiger partial charge in [0.25, 0.3) is 0 Å². The molecule has 4 aromatic heterocycles. The minimum Gasteiger partial charge on any atom is -0.455 e. The van der Waals surface area contributed by atoms with Gasteiger partial charge < -0.3 is 14.2 Å². The summed E-state index contributed by atoms with van der Waals surface area (Å²) >= 11 is 1.68. The van der Waals surface area contributed by atoms with Crippen LogP contribution in [0.3, 0.4) is 0 Å². The fourth-order valence-electron chi connectivity index (χ4n) is 16.2. The molecule has 0 bridgehead atoms. The molecular formula is C98H58N8OS. The number of aromatic nitrogens is 6. The predicted octanol–water partition coefficient (Wildman–Crippen LogP) is 26.7. The van der Waals surface area contributed by atoms with E-state index in [4.69, 9.17) is 48.0 Å². The second-order valence-corrected chi connectivity index (χ2v) is 27.9. The lowest BCUT2D eigenvalue weighted by Crippen LogP contribution is -2.17. The van der Waals surface area contributed by atoms with Gasteiger partial charge in [-0.25, -0.2) is 29.9 Å². The van der Waals surface area contributed by atoms with Gasteiger partial charge in [0.1, 0.15) is 11.2 Å². The molecule has 0 saturated carbocycles. The number of nitrogens with zero attached hydrogens (tertiary/aromatic N) is 8. The van der Waals surface area contributed by atoms with Crippen molar-refractivity contribution in [2.45, 2.75) is 0 Å². The summed E-state index contributed by atoms with van der Waals surface area (Å²) in [5.74, 6) is 1.07. The highest BCUT2D eigenvalue weighted by Crippen LogP contribution is 2.57. The highest BCUT2D eigenvalue weighted by molar-refractivity contribution is 7.25. The molecule has 0 radical (unpaired) electrons. The van der Waals surface area contributed by atoms with Crippen molar-refractivity contribution in [1.82, 2.24) is 29.9 Å².